The van der Waals surface area contributed by atoms with Gasteiger partial charge in [-0.25, -0.2) is 0 Å². The summed E-state index contributed by atoms with van der Waals surface area (Å²) >= 11 is 0. The third kappa shape index (κ3) is 4.02. The maximum atomic E-state index is 5.47. The van der Waals surface area contributed by atoms with Gasteiger partial charge in [0.2, 0.25) is 0 Å². The Morgan fingerprint density at radius 2 is 1.44 bits per heavy atom. The summed E-state index contributed by atoms with van der Waals surface area (Å²) in [6.45, 7) is 5.19. The molecule has 0 amide bonds. The Labute approximate surface area is 150 Å². The Hall–Kier alpha value is -2.33. The van der Waals surface area contributed by atoms with Crippen LogP contribution >= 0.6 is 0 Å². The fraction of sp³-hybridized carbons (Fsp3) is 0.381. The summed E-state index contributed by atoms with van der Waals surface area (Å²) in [6, 6.07) is 14.4. The van der Waals surface area contributed by atoms with E-state index in [1.807, 2.05) is 24.3 Å². The SMILES string of the molecule is COC.COc1cc2c(cc1OC)C(C)(C)CN=C2c1ccccc1. The quantitative estimate of drug-likeness (QED) is 0.844. The van der Waals surface area contributed by atoms with Gasteiger partial charge in [-0.2, -0.15) is 0 Å². The van der Waals surface area contributed by atoms with Crippen LogP contribution in [0.1, 0.15) is 30.5 Å². The highest BCUT2D eigenvalue weighted by atomic mass is 16.5. The molecule has 1 aliphatic heterocycles. The normalized spacial score (nSPS) is 14.6. The van der Waals surface area contributed by atoms with Crippen LogP contribution in [-0.2, 0) is 10.2 Å². The molecule has 0 aliphatic carbocycles. The molecule has 134 valence electrons. The molecule has 4 nitrogen and oxygen atoms in total. The van der Waals surface area contributed by atoms with Crippen LogP contribution in [-0.4, -0.2) is 40.7 Å². The topological polar surface area (TPSA) is 40.0 Å². The van der Waals surface area contributed by atoms with Crippen LogP contribution in [0, 0.1) is 0 Å². The van der Waals surface area contributed by atoms with E-state index in [9.17, 15) is 0 Å². The van der Waals surface area contributed by atoms with Gasteiger partial charge in [0.15, 0.2) is 11.5 Å². The molecule has 25 heavy (non-hydrogen) atoms. The molecule has 0 bridgehead atoms. The molecule has 0 unspecified atom stereocenters. The molecule has 0 spiro atoms. The molecule has 2 aromatic carbocycles. The maximum absolute atomic E-state index is 5.47. The van der Waals surface area contributed by atoms with E-state index < -0.39 is 0 Å². The standard InChI is InChI=1S/C19H21NO2.C2H6O/c1-19(2)12-20-18(13-8-6-5-7-9-13)14-10-16(21-3)17(22-4)11-15(14)19;1-3-2/h5-11H,12H2,1-4H3;1-2H3. The van der Waals surface area contributed by atoms with Gasteiger partial charge in [-0.05, 0) is 17.7 Å². The van der Waals surface area contributed by atoms with Crippen molar-refractivity contribution in [3.8, 4) is 11.5 Å². The highest BCUT2D eigenvalue weighted by molar-refractivity contribution is 6.15. The van der Waals surface area contributed by atoms with E-state index in [0.717, 1.165) is 34.9 Å². The van der Waals surface area contributed by atoms with E-state index in [1.54, 1.807) is 28.4 Å². The van der Waals surface area contributed by atoms with Crippen LogP contribution < -0.4 is 9.47 Å². The number of ether oxygens (including phenoxy) is 3. The van der Waals surface area contributed by atoms with Crippen LogP contribution in [0.15, 0.2) is 47.5 Å². The van der Waals surface area contributed by atoms with Gasteiger partial charge in [0.25, 0.3) is 0 Å². The Kier molecular flexibility index (Phi) is 6.21. The van der Waals surface area contributed by atoms with Crippen LogP contribution in [0.2, 0.25) is 0 Å². The Bertz CT molecular complexity index is 736. The lowest BCUT2D eigenvalue weighted by molar-refractivity contribution is 0.277. The van der Waals surface area contributed by atoms with Crippen molar-refractivity contribution in [3.63, 3.8) is 0 Å². The predicted octanol–water partition coefficient (Wildman–Crippen LogP) is 4.10. The number of hydrogen-bond acceptors (Lipinski definition) is 4. The maximum Gasteiger partial charge on any atom is 0.161 e. The van der Waals surface area contributed by atoms with Crippen LogP contribution in [0.4, 0.5) is 0 Å². The van der Waals surface area contributed by atoms with E-state index in [4.69, 9.17) is 14.5 Å². The van der Waals surface area contributed by atoms with Crippen molar-refractivity contribution in [2.75, 3.05) is 35.0 Å². The lowest BCUT2D eigenvalue weighted by Gasteiger charge is -2.32. The highest BCUT2D eigenvalue weighted by Crippen LogP contribution is 2.39. The number of benzene rings is 2. The molecule has 3 rings (SSSR count). The monoisotopic (exact) mass is 341 g/mol. The van der Waals surface area contributed by atoms with Crippen molar-refractivity contribution in [2.24, 2.45) is 4.99 Å². The predicted molar refractivity (Wildman–Crippen MR) is 102 cm³/mol. The minimum atomic E-state index is -0.0207. The molecule has 0 radical (unpaired) electrons. The lowest BCUT2D eigenvalue weighted by Crippen LogP contribution is -2.30. The first-order chi connectivity index (χ1) is 12.0. The fourth-order valence-electron chi connectivity index (χ4n) is 2.92. The van der Waals surface area contributed by atoms with Crippen molar-refractivity contribution >= 4 is 5.71 Å². The van der Waals surface area contributed by atoms with Gasteiger partial charge in [0.1, 0.15) is 0 Å². The number of nitrogens with zero attached hydrogens (tertiary/aromatic N) is 1. The minimum absolute atomic E-state index is 0.0207. The summed E-state index contributed by atoms with van der Waals surface area (Å²) in [5.41, 5.74) is 4.51. The Morgan fingerprint density at radius 3 is 2.00 bits per heavy atom. The molecule has 0 fully saturated rings. The van der Waals surface area contributed by atoms with Gasteiger partial charge in [-0.1, -0.05) is 44.2 Å². The van der Waals surface area contributed by atoms with E-state index in [1.165, 1.54) is 5.56 Å². The number of aliphatic imine (C=N–C) groups is 1. The van der Waals surface area contributed by atoms with Crippen molar-refractivity contribution in [3.05, 3.63) is 59.2 Å². The number of fused-ring (bicyclic) bond motifs is 1. The highest BCUT2D eigenvalue weighted by Gasteiger charge is 2.31. The number of methoxy groups -OCH3 is 3. The van der Waals surface area contributed by atoms with Crippen LogP contribution in [0.3, 0.4) is 0 Å². The molecular weight excluding hydrogens is 314 g/mol. The minimum Gasteiger partial charge on any atom is -0.493 e. The van der Waals surface area contributed by atoms with Crippen molar-refractivity contribution in [1.29, 1.82) is 0 Å². The summed E-state index contributed by atoms with van der Waals surface area (Å²) in [6.07, 6.45) is 0. The molecule has 4 heteroatoms. The first-order valence-corrected chi connectivity index (χ1v) is 8.25. The fourth-order valence-corrected chi connectivity index (χ4v) is 2.92. The molecule has 2 aromatic rings. The van der Waals surface area contributed by atoms with Gasteiger partial charge in [0.05, 0.1) is 19.9 Å². The molecule has 1 aliphatic rings. The summed E-state index contributed by atoms with van der Waals surface area (Å²) in [7, 11) is 6.59. The van der Waals surface area contributed by atoms with Crippen LogP contribution in [0.5, 0.6) is 11.5 Å². The Morgan fingerprint density at radius 1 is 0.880 bits per heavy atom. The first-order valence-electron chi connectivity index (χ1n) is 8.25. The van der Waals surface area contributed by atoms with Crippen molar-refractivity contribution in [2.45, 2.75) is 19.3 Å². The van der Waals surface area contributed by atoms with E-state index in [0.29, 0.717) is 0 Å². The summed E-state index contributed by atoms with van der Waals surface area (Å²) in [5.74, 6) is 1.51. The molecule has 0 atom stereocenters. The molecule has 1 heterocycles. The summed E-state index contributed by atoms with van der Waals surface area (Å²) in [5, 5.41) is 0. The molecule has 0 saturated heterocycles. The second kappa shape index (κ2) is 8.17. The zero-order valence-corrected chi connectivity index (χ0v) is 15.9. The average Bonchev–Trinajstić information content (AvgIpc) is 2.62. The molecule has 0 N–H and O–H groups in total. The number of rotatable bonds is 3. The zero-order valence-electron chi connectivity index (χ0n) is 15.9. The largest absolute Gasteiger partial charge is 0.493 e. The van der Waals surface area contributed by atoms with E-state index in [-0.39, 0.29) is 5.41 Å². The summed E-state index contributed by atoms with van der Waals surface area (Å²) in [4.78, 5) is 4.84. The second-order valence-corrected chi connectivity index (χ2v) is 6.58. The van der Waals surface area contributed by atoms with Crippen LogP contribution in [0.25, 0.3) is 0 Å². The molecular formula is C21H27NO3. The van der Waals surface area contributed by atoms with Gasteiger partial charge in [-0.15, -0.1) is 0 Å². The lowest BCUT2D eigenvalue weighted by atomic mass is 9.77. The third-order valence-corrected chi connectivity index (χ3v) is 4.19. The van der Waals surface area contributed by atoms with Gasteiger partial charge < -0.3 is 14.2 Å². The smallest absolute Gasteiger partial charge is 0.161 e. The van der Waals surface area contributed by atoms with Gasteiger partial charge in [0, 0.05) is 37.3 Å². The summed E-state index contributed by atoms with van der Waals surface area (Å²) < 4.78 is 15.2. The third-order valence-electron chi connectivity index (χ3n) is 4.19. The van der Waals surface area contributed by atoms with Gasteiger partial charge >= 0.3 is 0 Å². The second-order valence-electron chi connectivity index (χ2n) is 6.58. The van der Waals surface area contributed by atoms with E-state index in [2.05, 4.69) is 36.8 Å². The molecule has 0 aromatic heterocycles. The zero-order chi connectivity index (χ0) is 18.4. The molecule has 0 saturated carbocycles. The number of hydrogen-bond donors (Lipinski definition) is 0. The van der Waals surface area contributed by atoms with Crippen molar-refractivity contribution < 1.29 is 14.2 Å². The first kappa shape index (κ1) is 19.0. The average molecular weight is 341 g/mol. The van der Waals surface area contributed by atoms with E-state index >= 15 is 0 Å². The van der Waals surface area contributed by atoms with Crippen molar-refractivity contribution in [1.82, 2.24) is 0 Å². The van der Waals surface area contributed by atoms with Gasteiger partial charge in [-0.3, -0.25) is 4.99 Å². The Balaban J connectivity index is 0.000000701.